The molecule has 0 aliphatic rings. The number of fused-ring (bicyclic) bond motifs is 1. The number of nitrogens with one attached hydrogen (secondary N) is 1. The normalized spacial score (nSPS) is 11.0. The molecule has 4 aromatic rings. The van der Waals surface area contributed by atoms with Crippen LogP contribution in [0.3, 0.4) is 0 Å². The first-order valence-electron chi connectivity index (χ1n) is 7.56. The maximum absolute atomic E-state index is 12.5. The zero-order valence-electron chi connectivity index (χ0n) is 13.6. The van der Waals surface area contributed by atoms with Crippen LogP contribution in [0.5, 0.6) is 0 Å². The SMILES string of the molecule is Cc1nn(C)c2ncc(NC(=O)c3cccc(-n4cnnn4)c3)cc12. The van der Waals surface area contributed by atoms with Gasteiger partial charge in [-0.2, -0.15) is 5.10 Å². The Kier molecular flexibility index (Phi) is 3.46. The van der Waals surface area contributed by atoms with Crippen LogP contribution in [-0.4, -0.2) is 40.9 Å². The highest BCUT2D eigenvalue weighted by molar-refractivity contribution is 6.05. The summed E-state index contributed by atoms with van der Waals surface area (Å²) in [6.45, 7) is 1.91. The van der Waals surface area contributed by atoms with Gasteiger partial charge in [0.2, 0.25) is 0 Å². The van der Waals surface area contributed by atoms with Gasteiger partial charge in [0.05, 0.1) is 23.3 Å². The first-order valence-corrected chi connectivity index (χ1v) is 7.56. The van der Waals surface area contributed by atoms with Gasteiger partial charge in [-0.05, 0) is 41.6 Å². The molecule has 0 saturated carbocycles. The predicted octanol–water partition coefficient (Wildman–Crippen LogP) is 1.50. The fourth-order valence-electron chi connectivity index (χ4n) is 2.65. The molecule has 9 nitrogen and oxygen atoms in total. The maximum atomic E-state index is 12.5. The summed E-state index contributed by atoms with van der Waals surface area (Å²) in [5, 5.41) is 19.1. The number of anilines is 1. The van der Waals surface area contributed by atoms with E-state index in [2.05, 4.69) is 30.9 Å². The molecule has 3 heterocycles. The Labute approximate surface area is 142 Å². The van der Waals surface area contributed by atoms with E-state index in [0.29, 0.717) is 16.9 Å². The molecule has 124 valence electrons. The van der Waals surface area contributed by atoms with Gasteiger partial charge >= 0.3 is 0 Å². The minimum atomic E-state index is -0.238. The molecule has 0 bridgehead atoms. The van der Waals surface area contributed by atoms with Crippen molar-refractivity contribution in [3.8, 4) is 5.69 Å². The van der Waals surface area contributed by atoms with Gasteiger partial charge in [0, 0.05) is 18.0 Å². The van der Waals surface area contributed by atoms with Gasteiger partial charge in [-0.25, -0.2) is 9.67 Å². The Morgan fingerprint density at radius 1 is 1.24 bits per heavy atom. The summed E-state index contributed by atoms with van der Waals surface area (Å²) in [6, 6.07) is 8.91. The molecule has 0 aliphatic carbocycles. The fraction of sp³-hybridized carbons (Fsp3) is 0.125. The summed E-state index contributed by atoms with van der Waals surface area (Å²) in [7, 11) is 1.84. The third-order valence-corrected chi connectivity index (χ3v) is 3.84. The number of hydrogen-bond acceptors (Lipinski definition) is 6. The quantitative estimate of drug-likeness (QED) is 0.609. The van der Waals surface area contributed by atoms with E-state index in [-0.39, 0.29) is 5.91 Å². The van der Waals surface area contributed by atoms with Crippen LogP contribution in [0, 0.1) is 6.92 Å². The maximum Gasteiger partial charge on any atom is 0.255 e. The Bertz CT molecular complexity index is 1070. The van der Waals surface area contributed by atoms with Crippen LogP contribution in [0.15, 0.2) is 42.9 Å². The lowest BCUT2D eigenvalue weighted by molar-refractivity contribution is 0.102. The fourth-order valence-corrected chi connectivity index (χ4v) is 2.65. The largest absolute Gasteiger partial charge is 0.321 e. The second-order valence-corrected chi connectivity index (χ2v) is 5.56. The lowest BCUT2D eigenvalue weighted by atomic mass is 10.2. The first-order chi connectivity index (χ1) is 12.1. The molecule has 0 atom stereocenters. The van der Waals surface area contributed by atoms with Gasteiger partial charge in [-0.15, -0.1) is 5.10 Å². The van der Waals surface area contributed by atoms with E-state index in [4.69, 9.17) is 0 Å². The van der Waals surface area contributed by atoms with Gasteiger partial charge in [0.25, 0.3) is 5.91 Å². The van der Waals surface area contributed by atoms with Crippen molar-refractivity contribution in [2.24, 2.45) is 7.05 Å². The van der Waals surface area contributed by atoms with E-state index in [0.717, 1.165) is 16.7 Å². The molecule has 0 unspecified atom stereocenters. The highest BCUT2D eigenvalue weighted by Gasteiger charge is 2.11. The summed E-state index contributed by atoms with van der Waals surface area (Å²) < 4.78 is 3.20. The monoisotopic (exact) mass is 334 g/mol. The van der Waals surface area contributed by atoms with Gasteiger partial charge in [-0.1, -0.05) is 6.07 Å². The molecule has 1 N–H and O–H groups in total. The van der Waals surface area contributed by atoms with Crippen molar-refractivity contribution < 1.29 is 4.79 Å². The average molecular weight is 334 g/mol. The smallest absolute Gasteiger partial charge is 0.255 e. The number of amides is 1. The van der Waals surface area contributed by atoms with Crippen molar-refractivity contribution in [2.45, 2.75) is 6.92 Å². The Balaban J connectivity index is 1.62. The second-order valence-electron chi connectivity index (χ2n) is 5.56. The van der Waals surface area contributed by atoms with E-state index in [1.807, 2.05) is 26.1 Å². The molecule has 1 aromatic carbocycles. The van der Waals surface area contributed by atoms with E-state index < -0.39 is 0 Å². The van der Waals surface area contributed by atoms with Crippen LogP contribution < -0.4 is 5.32 Å². The minimum Gasteiger partial charge on any atom is -0.321 e. The van der Waals surface area contributed by atoms with Gasteiger partial charge in [-0.3, -0.25) is 9.48 Å². The number of carbonyl (C=O) groups is 1. The average Bonchev–Trinajstić information content (AvgIpc) is 3.24. The zero-order valence-corrected chi connectivity index (χ0v) is 13.6. The number of tetrazole rings is 1. The van der Waals surface area contributed by atoms with Crippen LogP contribution in [0.1, 0.15) is 16.1 Å². The van der Waals surface area contributed by atoms with Gasteiger partial charge < -0.3 is 5.32 Å². The Morgan fingerprint density at radius 2 is 2.12 bits per heavy atom. The summed E-state index contributed by atoms with van der Waals surface area (Å²) >= 11 is 0. The topological polar surface area (TPSA) is 103 Å². The van der Waals surface area contributed by atoms with Crippen LogP contribution in [0.25, 0.3) is 16.7 Å². The Morgan fingerprint density at radius 3 is 2.92 bits per heavy atom. The standard InChI is InChI=1S/C16H14N8O/c1-10-14-7-12(8-17-15(14)23(2)20-10)19-16(25)11-4-3-5-13(6-11)24-9-18-21-22-24/h3-9H,1-2H3,(H,19,25). The van der Waals surface area contributed by atoms with E-state index >= 15 is 0 Å². The van der Waals surface area contributed by atoms with Crippen molar-refractivity contribution >= 4 is 22.6 Å². The van der Waals surface area contributed by atoms with Crippen molar-refractivity contribution in [3.63, 3.8) is 0 Å². The van der Waals surface area contributed by atoms with E-state index in [1.54, 1.807) is 29.1 Å². The summed E-state index contributed by atoms with van der Waals surface area (Å²) in [6.07, 6.45) is 3.09. The molecular formula is C16H14N8O. The van der Waals surface area contributed by atoms with Crippen molar-refractivity contribution in [3.05, 3.63) is 54.1 Å². The van der Waals surface area contributed by atoms with Crippen LogP contribution in [0.2, 0.25) is 0 Å². The zero-order chi connectivity index (χ0) is 17.4. The minimum absolute atomic E-state index is 0.238. The third kappa shape index (κ3) is 2.71. The number of hydrogen-bond donors (Lipinski definition) is 1. The number of aryl methyl sites for hydroxylation is 2. The molecular weight excluding hydrogens is 320 g/mol. The molecule has 0 spiro atoms. The Hall–Kier alpha value is -3.62. The lowest BCUT2D eigenvalue weighted by Crippen LogP contribution is -2.12. The molecule has 0 aliphatic heterocycles. The van der Waals surface area contributed by atoms with Crippen LogP contribution >= 0.6 is 0 Å². The van der Waals surface area contributed by atoms with E-state index in [9.17, 15) is 4.79 Å². The molecule has 25 heavy (non-hydrogen) atoms. The lowest BCUT2D eigenvalue weighted by Gasteiger charge is -2.07. The van der Waals surface area contributed by atoms with Crippen molar-refractivity contribution in [1.29, 1.82) is 0 Å². The summed E-state index contributed by atoms with van der Waals surface area (Å²) in [5.74, 6) is -0.238. The molecule has 3 aromatic heterocycles. The molecule has 0 saturated heterocycles. The number of rotatable bonds is 3. The van der Waals surface area contributed by atoms with E-state index in [1.165, 1.54) is 11.0 Å². The number of carbonyl (C=O) groups excluding carboxylic acids is 1. The summed E-state index contributed by atoms with van der Waals surface area (Å²) in [5.41, 5.74) is 3.45. The van der Waals surface area contributed by atoms with Gasteiger partial charge in [0.1, 0.15) is 6.33 Å². The van der Waals surface area contributed by atoms with Crippen molar-refractivity contribution in [2.75, 3.05) is 5.32 Å². The van der Waals surface area contributed by atoms with Crippen molar-refractivity contribution in [1.82, 2.24) is 35.0 Å². The second kappa shape index (κ2) is 5.78. The predicted molar refractivity (Wildman–Crippen MR) is 90.4 cm³/mol. The van der Waals surface area contributed by atoms with Crippen LogP contribution in [-0.2, 0) is 7.05 Å². The molecule has 0 radical (unpaired) electrons. The van der Waals surface area contributed by atoms with Gasteiger partial charge in [0.15, 0.2) is 5.65 Å². The van der Waals surface area contributed by atoms with Crippen LogP contribution in [0.4, 0.5) is 5.69 Å². The number of pyridine rings is 1. The number of aromatic nitrogens is 7. The molecule has 4 rings (SSSR count). The number of nitrogens with zero attached hydrogens (tertiary/aromatic N) is 7. The molecule has 1 amide bonds. The first kappa shape index (κ1) is 14.9. The number of benzene rings is 1. The highest BCUT2D eigenvalue weighted by atomic mass is 16.1. The third-order valence-electron chi connectivity index (χ3n) is 3.84. The molecule has 0 fully saturated rings. The molecule has 9 heteroatoms. The highest BCUT2D eigenvalue weighted by Crippen LogP contribution is 2.20. The summed E-state index contributed by atoms with van der Waals surface area (Å²) in [4.78, 5) is 16.9.